The van der Waals surface area contributed by atoms with Crippen molar-refractivity contribution in [2.45, 2.75) is 233 Å². The van der Waals surface area contributed by atoms with Crippen molar-refractivity contribution in [2.24, 2.45) is 53.3 Å². The van der Waals surface area contributed by atoms with Crippen molar-refractivity contribution in [3.05, 3.63) is 0 Å². The fourth-order valence-corrected chi connectivity index (χ4v) is 10.7. The molecule has 11 unspecified atom stereocenters. The molecule has 3 aliphatic rings. The number of aliphatic carboxylic acids is 1. The molecule has 22 atom stereocenters. The summed E-state index contributed by atoms with van der Waals surface area (Å²) in [7, 11) is 0. The minimum atomic E-state index is -1.79. The minimum Gasteiger partial charge on any atom is -0.548 e. The van der Waals surface area contributed by atoms with E-state index in [1.165, 1.54) is 25.7 Å². The van der Waals surface area contributed by atoms with E-state index < -0.39 is 187 Å². The molecule has 12 N–H and O–H groups in total. The van der Waals surface area contributed by atoms with Crippen molar-refractivity contribution >= 4 is 52.7 Å². The van der Waals surface area contributed by atoms with Crippen LogP contribution in [0.5, 0.6) is 0 Å². The van der Waals surface area contributed by atoms with Gasteiger partial charge >= 0.3 is 0 Å². The maximum absolute atomic E-state index is 14.3. The minimum absolute atomic E-state index is 0.228. The molecule has 0 aromatic rings. The number of ketones is 4. The molecule has 3 heterocycles. The third-order valence-corrected chi connectivity index (χ3v) is 17.1. The van der Waals surface area contributed by atoms with Crippen molar-refractivity contribution in [1.29, 1.82) is 0 Å². The lowest BCUT2D eigenvalue weighted by atomic mass is 9.82. The van der Waals surface area contributed by atoms with Crippen molar-refractivity contribution in [3.8, 4) is 0 Å². The van der Waals surface area contributed by atoms with Crippen molar-refractivity contribution in [2.75, 3.05) is 19.8 Å². The summed E-state index contributed by atoms with van der Waals surface area (Å²) >= 11 is 0. The number of nitrogens with zero attached hydrogens (tertiary/aromatic N) is 1. The number of likely N-dealkylation sites (tertiary alicyclic amines) is 1. The number of nitrogens with one attached hydrogen (secondary N) is 3. The first-order chi connectivity index (χ1) is 38.3. The van der Waals surface area contributed by atoms with E-state index in [1.807, 2.05) is 13.8 Å². The fraction of sp³-hybridized carbons (Fsp3) is 0.842. The third-order valence-electron chi connectivity index (χ3n) is 17.1. The number of hydrogen-bond acceptors (Lipinski definition) is 20. The number of hydrogen-bond donors (Lipinski definition) is 10. The molecule has 3 saturated heterocycles. The number of carbonyl (C=O) groups excluding carboxylic acids is 9. The molecule has 0 aliphatic carbocycles. The number of ether oxygens (including phenoxy) is 4. The first kappa shape index (κ1) is 71.9. The summed E-state index contributed by atoms with van der Waals surface area (Å²) in [6.45, 7) is 20.4. The summed E-state index contributed by atoms with van der Waals surface area (Å²) in [5.41, 5.74) is 4.04. The number of Topliss-reactive ketones (excluding diaryl/α,β-unsaturated/α-hetero) is 4. The van der Waals surface area contributed by atoms with Gasteiger partial charge in [-0.3, -0.25) is 38.4 Å². The highest BCUT2D eigenvalue weighted by atomic mass is 16.7. The largest absolute Gasteiger partial charge is 0.548 e. The molecule has 0 aromatic heterocycles. The second kappa shape index (κ2) is 32.8. The normalized spacial score (nSPS) is 29.0. The number of aliphatic hydroxyl groups excluding tert-OH is 6. The summed E-state index contributed by atoms with van der Waals surface area (Å²) in [5.74, 6) is -11.3. The van der Waals surface area contributed by atoms with Crippen LogP contribution in [0.15, 0.2) is 0 Å². The smallest absolute Gasteiger partial charge is 0.227 e. The van der Waals surface area contributed by atoms with Crippen LogP contribution in [-0.4, -0.2) is 200 Å². The highest BCUT2D eigenvalue weighted by molar-refractivity contribution is 5.98. The number of aliphatic hydroxyl groups is 6. The van der Waals surface area contributed by atoms with Crippen LogP contribution in [-0.2, 0) is 62.1 Å². The van der Waals surface area contributed by atoms with E-state index in [0.29, 0.717) is 25.7 Å². The van der Waals surface area contributed by atoms with Gasteiger partial charge in [-0.15, -0.1) is 0 Å². The molecule has 4 amide bonds. The number of carboxylic acid groups (broad SMARTS) is 1. The molecule has 25 heteroatoms. The number of carboxylic acids is 1. The van der Waals surface area contributed by atoms with Gasteiger partial charge in [0.15, 0.2) is 41.8 Å². The Kier molecular flexibility index (Phi) is 28.7. The van der Waals surface area contributed by atoms with Crippen LogP contribution in [0.25, 0.3) is 0 Å². The van der Waals surface area contributed by atoms with Gasteiger partial charge in [-0.05, 0) is 57.3 Å². The van der Waals surface area contributed by atoms with Crippen molar-refractivity contribution < 1.29 is 104 Å². The molecule has 3 aliphatic heterocycles. The molecule has 25 nitrogen and oxygen atoms in total. The maximum atomic E-state index is 14.3. The quantitative estimate of drug-likeness (QED) is 0.0335. The van der Waals surface area contributed by atoms with E-state index >= 15 is 0 Å². The zero-order chi connectivity index (χ0) is 62.4. The molecule has 0 saturated carbocycles. The van der Waals surface area contributed by atoms with E-state index in [-0.39, 0.29) is 55.8 Å². The molecule has 470 valence electrons. The van der Waals surface area contributed by atoms with Gasteiger partial charge in [-0.25, -0.2) is 0 Å². The van der Waals surface area contributed by atoms with Crippen molar-refractivity contribution in [3.63, 3.8) is 0 Å². The Hall–Kier alpha value is -4.41. The Morgan fingerprint density at radius 2 is 1.15 bits per heavy atom. The van der Waals surface area contributed by atoms with E-state index in [2.05, 4.69) is 21.7 Å². The van der Waals surface area contributed by atoms with Crippen LogP contribution in [0.2, 0.25) is 0 Å². The molecule has 0 bridgehead atoms. The van der Waals surface area contributed by atoms with Gasteiger partial charge in [0.1, 0.15) is 42.7 Å². The number of rotatable bonds is 33. The molecule has 0 spiro atoms. The summed E-state index contributed by atoms with van der Waals surface area (Å²) in [5, 5.41) is 81.2. The van der Waals surface area contributed by atoms with Gasteiger partial charge in [-0.2, -0.15) is 0 Å². The molecule has 3 rings (SSSR count). The standard InChI is InChI=1S/C57H97N5O20/c1-14-27(7)35(53(75)61-45(26(5)6)41(68)22-36(28(8)15-2)52(74)60-32(12)55(77)78)21-38(65)31(11)59-51(73)29(9)19-39(66)37-17-16-18-62(37)54(76)34(25(3)4)20-40(67)44(58)33(13)79-56-30(10)50(47(70)43(24-64)80-56)82-57-49(72)48(71)46(69)42(23-63)81-57/h25-37,42-50,56-57,63-64,69-72H,14-24,58H2,1-13H3,(H,59,73)(H,60,74)(H,61,75)(H,77,78)/t27?,28?,29?,30?,31-,32-,33?,34?,35?,36?,37-,42?,43?,44-,45-,46-,47-,48-,49?,50+,56-,57-/m0/s1. The predicted molar refractivity (Wildman–Crippen MR) is 290 cm³/mol. The van der Waals surface area contributed by atoms with Gasteiger partial charge in [0.05, 0.1) is 49.5 Å². The number of quaternary nitrogens is 1. The first-order valence-corrected chi connectivity index (χ1v) is 29.2. The van der Waals surface area contributed by atoms with Gasteiger partial charge in [0, 0.05) is 61.8 Å². The highest BCUT2D eigenvalue weighted by Gasteiger charge is 2.51. The van der Waals surface area contributed by atoms with Gasteiger partial charge in [-0.1, -0.05) is 82.1 Å². The lowest BCUT2D eigenvalue weighted by molar-refractivity contribution is -0.432. The predicted octanol–water partition coefficient (Wildman–Crippen LogP) is -2.14. The van der Waals surface area contributed by atoms with Crippen LogP contribution >= 0.6 is 0 Å². The molecule has 0 radical (unpaired) electrons. The van der Waals surface area contributed by atoms with Crippen LogP contribution in [0.4, 0.5) is 0 Å². The molecular formula is C57H97N5O20. The van der Waals surface area contributed by atoms with E-state index in [0.717, 1.165) is 0 Å². The molecule has 0 aromatic carbocycles. The van der Waals surface area contributed by atoms with E-state index in [9.17, 15) is 78.9 Å². The average molecular weight is 1170 g/mol. The lowest BCUT2D eigenvalue weighted by Crippen LogP contribution is -2.71. The summed E-state index contributed by atoms with van der Waals surface area (Å²) in [6.07, 6.45) is -13.7. The number of amides is 4. The van der Waals surface area contributed by atoms with Crippen LogP contribution < -0.4 is 26.8 Å². The maximum Gasteiger partial charge on any atom is 0.227 e. The van der Waals surface area contributed by atoms with Gasteiger partial charge < -0.3 is 86.1 Å². The Morgan fingerprint density at radius 3 is 1.67 bits per heavy atom. The number of carbonyl (C=O) groups is 9. The fourth-order valence-electron chi connectivity index (χ4n) is 10.7. The SMILES string of the molecule is CCC(C)C(CC(=O)[C@@H](NC(=O)C(CC(=O)[C@H](C)NC(=O)C(C)CC(=O)[C@@H]1CCCN1C(=O)C(CC(=O)[C@@H]([NH3+])C(C)O[C@H]1OC(CO)[C@H](O)[C@H](O[C@@H]2OC(CO)[C@H](O)[C@H](O)C2O)C1C)C(C)C)C(C)CC)C(C)C)C(=O)N[C@@H](C)C(=O)[O-]. The Bertz CT molecular complexity index is 2170. The summed E-state index contributed by atoms with van der Waals surface area (Å²) in [4.78, 5) is 123. The Morgan fingerprint density at radius 1 is 0.634 bits per heavy atom. The highest BCUT2D eigenvalue weighted by Crippen LogP contribution is 2.34. The third kappa shape index (κ3) is 18.8. The lowest BCUT2D eigenvalue weighted by Gasteiger charge is -2.47. The molecular weight excluding hydrogens is 1070 g/mol. The molecule has 3 fully saturated rings. The van der Waals surface area contributed by atoms with Crippen LogP contribution in [0.3, 0.4) is 0 Å². The topological polar surface area (TPSA) is 402 Å². The monoisotopic (exact) mass is 1170 g/mol. The Balaban J connectivity index is 1.64. The second-order valence-corrected chi connectivity index (χ2v) is 23.9. The Labute approximate surface area is 481 Å². The van der Waals surface area contributed by atoms with Crippen LogP contribution in [0.1, 0.15) is 141 Å². The zero-order valence-electron chi connectivity index (χ0n) is 50.2. The summed E-state index contributed by atoms with van der Waals surface area (Å²) in [6, 6.07) is -5.37. The molecule has 82 heavy (non-hydrogen) atoms. The van der Waals surface area contributed by atoms with Gasteiger partial charge in [0.2, 0.25) is 23.6 Å². The van der Waals surface area contributed by atoms with Gasteiger partial charge in [0.25, 0.3) is 0 Å². The van der Waals surface area contributed by atoms with E-state index in [4.69, 9.17) is 18.9 Å². The zero-order valence-corrected chi connectivity index (χ0v) is 50.2. The summed E-state index contributed by atoms with van der Waals surface area (Å²) < 4.78 is 23.4. The van der Waals surface area contributed by atoms with Crippen LogP contribution in [0, 0.1) is 53.3 Å². The second-order valence-electron chi connectivity index (χ2n) is 23.9. The average Bonchev–Trinajstić information content (AvgIpc) is 4.04. The van der Waals surface area contributed by atoms with E-state index in [1.54, 1.807) is 55.4 Å². The van der Waals surface area contributed by atoms with Crippen molar-refractivity contribution in [1.82, 2.24) is 20.9 Å². The first-order valence-electron chi connectivity index (χ1n) is 29.2.